The van der Waals surface area contributed by atoms with Gasteiger partial charge < -0.3 is 15.4 Å². The van der Waals surface area contributed by atoms with Crippen LogP contribution in [0.15, 0.2) is 49.1 Å². The van der Waals surface area contributed by atoms with E-state index in [2.05, 4.69) is 20.4 Å². The largest absolute Gasteiger partial charge is 0.393 e. The molecule has 7 nitrogen and oxygen atoms in total. The van der Waals surface area contributed by atoms with E-state index in [4.69, 9.17) is 0 Å². The number of aromatic nitrogens is 4. The second-order valence-electron chi connectivity index (χ2n) is 6.80. The van der Waals surface area contributed by atoms with Crippen molar-refractivity contribution in [3.8, 4) is 11.4 Å². The minimum atomic E-state index is -0.279. The van der Waals surface area contributed by atoms with E-state index in [1.807, 2.05) is 31.4 Å². The summed E-state index contributed by atoms with van der Waals surface area (Å²) < 4.78 is 1.72. The lowest BCUT2D eigenvalue weighted by Gasteiger charge is -2.37. The summed E-state index contributed by atoms with van der Waals surface area (Å²) in [5.74, 6) is 0.797. The maximum absolute atomic E-state index is 12.9. The van der Waals surface area contributed by atoms with Gasteiger partial charge in [0.1, 0.15) is 5.82 Å². The van der Waals surface area contributed by atoms with Crippen molar-refractivity contribution in [3.63, 3.8) is 0 Å². The predicted octanol–water partition coefficient (Wildman–Crippen LogP) is 2.05. The number of hydrogen-bond acceptors (Lipinski definition) is 4. The van der Waals surface area contributed by atoms with Crippen LogP contribution in [0.25, 0.3) is 11.4 Å². The van der Waals surface area contributed by atoms with Gasteiger partial charge in [0.25, 0.3) is 5.91 Å². The van der Waals surface area contributed by atoms with Crippen LogP contribution in [0.1, 0.15) is 34.8 Å². The summed E-state index contributed by atoms with van der Waals surface area (Å²) in [5, 5.41) is 17.0. The van der Waals surface area contributed by atoms with Crippen molar-refractivity contribution < 1.29 is 9.90 Å². The van der Waals surface area contributed by atoms with Gasteiger partial charge in [0.05, 0.1) is 18.3 Å². The van der Waals surface area contributed by atoms with Crippen molar-refractivity contribution in [2.24, 2.45) is 13.0 Å². The lowest BCUT2D eigenvalue weighted by molar-refractivity contribution is 0.0235. The van der Waals surface area contributed by atoms with Gasteiger partial charge in [-0.2, -0.15) is 5.10 Å². The highest BCUT2D eigenvalue weighted by atomic mass is 16.3. The molecule has 1 atom stereocenters. The van der Waals surface area contributed by atoms with Gasteiger partial charge in [-0.05, 0) is 30.9 Å². The molecule has 7 heteroatoms. The molecule has 1 fully saturated rings. The molecule has 26 heavy (non-hydrogen) atoms. The number of imidazole rings is 1. The molecule has 0 spiro atoms. The molecule has 1 aromatic carbocycles. The van der Waals surface area contributed by atoms with Crippen LogP contribution >= 0.6 is 0 Å². The van der Waals surface area contributed by atoms with E-state index in [9.17, 15) is 9.90 Å². The van der Waals surface area contributed by atoms with Gasteiger partial charge in [-0.3, -0.25) is 9.48 Å². The molecule has 0 unspecified atom stereocenters. The molecule has 0 aliphatic heterocycles. The number of aliphatic hydroxyl groups excluding tert-OH is 1. The van der Waals surface area contributed by atoms with Crippen LogP contribution in [0, 0.1) is 5.92 Å². The molecule has 1 amide bonds. The first-order valence-electron chi connectivity index (χ1n) is 8.67. The zero-order chi connectivity index (χ0) is 18.1. The minimum absolute atomic E-state index is 0.145. The number of aromatic amines is 1. The van der Waals surface area contributed by atoms with Gasteiger partial charge in [0.15, 0.2) is 0 Å². The second kappa shape index (κ2) is 6.76. The number of H-pyrrole nitrogens is 1. The Labute approximate surface area is 151 Å². The molecule has 3 N–H and O–H groups in total. The molecule has 2 aromatic heterocycles. The Kier molecular flexibility index (Phi) is 4.30. The van der Waals surface area contributed by atoms with E-state index in [0.717, 1.165) is 17.0 Å². The number of nitrogens with one attached hydrogen (secondary N) is 2. The normalized spacial score (nSPS) is 20.4. The summed E-state index contributed by atoms with van der Waals surface area (Å²) in [5.41, 5.74) is 2.40. The molecular weight excluding hydrogens is 330 g/mol. The third-order valence-electron chi connectivity index (χ3n) is 4.89. The van der Waals surface area contributed by atoms with E-state index in [1.165, 1.54) is 0 Å². The smallest absolute Gasteiger partial charge is 0.251 e. The van der Waals surface area contributed by atoms with Crippen LogP contribution in [0.3, 0.4) is 0 Å². The Balaban J connectivity index is 1.56. The third-order valence-corrected chi connectivity index (χ3v) is 4.89. The summed E-state index contributed by atoms with van der Waals surface area (Å²) in [6, 6.07) is 7.21. The number of benzene rings is 1. The monoisotopic (exact) mass is 351 g/mol. The summed E-state index contributed by atoms with van der Waals surface area (Å²) in [6.45, 7) is 0. The summed E-state index contributed by atoms with van der Waals surface area (Å²) in [6.07, 6.45) is 8.21. The van der Waals surface area contributed by atoms with E-state index in [-0.39, 0.29) is 24.0 Å². The summed E-state index contributed by atoms with van der Waals surface area (Å²) >= 11 is 0. The van der Waals surface area contributed by atoms with Gasteiger partial charge in [-0.25, -0.2) is 4.98 Å². The minimum Gasteiger partial charge on any atom is -0.393 e. The van der Waals surface area contributed by atoms with Gasteiger partial charge in [0, 0.05) is 42.3 Å². The standard InChI is InChI=1S/C19H21N5O2/c1-24-11-15(10-22-24)17(14-8-16(25)9-14)23-19(26)13-4-2-3-12(7-13)18-20-5-6-21-18/h2-7,10-11,14,16-17,25H,8-9H2,1H3,(H,20,21)(H,23,26)/t14?,16?,17-/m1/s1. The lowest BCUT2D eigenvalue weighted by atomic mass is 9.75. The van der Waals surface area contributed by atoms with Crippen LogP contribution in [0.4, 0.5) is 0 Å². The number of hydrogen-bond donors (Lipinski definition) is 3. The summed E-state index contributed by atoms with van der Waals surface area (Å²) in [7, 11) is 1.85. The van der Waals surface area contributed by atoms with Crippen molar-refractivity contribution in [3.05, 3.63) is 60.2 Å². The van der Waals surface area contributed by atoms with Gasteiger partial charge in [-0.1, -0.05) is 12.1 Å². The number of carbonyl (C=O) groups excluding carboxylic acids is 1. The first-order valence-corrected chi connectivity index (χ1v) is 8.67. The van der Waals surface area contributed by atoms with Crippen molar-refractivity contribution in [2.45, 2.75) is 25.0 Å². The topological polar surface area (TPSA) is 95.8 Å². The quantitative estimate of drug-likeness (QED) is 0.655. The number of rotatable bonds is 5. The maximum atomic E-state index is 12.9. The van der Waals surface area contributed by atoms with E-state index < -0.39 is 0 Å². The lowest BCUT2D eigenvalue weighted by Crippen LogP contribution is -2.41. The van der Waals surface area contributed by atoms with Crippen LogP contribution in [0.5, 0.6) is 0 Å². The molecule has 2 heterocycles. The van der Waals surface area contributed by atoms with Crippen LogP contribution < -0.4 is 5.32 Å². The Bertz CT molecular complexity index is 896. The molecular formula is C19H21N5O2. The van der Waals surface area contributed by atoms with Gasteiger partial charge in [-0.15, -0.1) is 0 Å². The molecule has 3 aromatic rings. The highest BCUT2D eigenvalue weighted by Gasteiger charge is 2.36. The van der Waals surface area contributed by atoms with Crippen LogP contribution in [-0.4, -0.2) is 36.9 Å². The van der Waals surface area contributed by atoms with Crippen molar-refractivity contribution in [2.75, 3.05) is 0 Å². The highest BCUT2D eigenvalue weighted by Crippen LogP contribution is 2.38. The van der Waals surface area contributed by atoms with Crippen molar-refractivity contribution in [1.29, 1.82) is 0 Å². The number of aliphatic hydroxyl groups is 1. The van der Waals surface area contributed by atoms with Crippen LogP contribution in [-0.2, 0) is 7.05 Å². The third kappa shape index (κ3) is 3.25. The maximum Gasteiger partial charge on any atom is 0.251 e. The number of nitrogens with zero attached hydrogens (tertiary/aromatic N) is 3. The van der Waals surface area contributed by atoms with E-state index in [1.54, 1.807) is 29.3 Å². The zero-order valence-corrected chi connectivity index (χ0v) is 14.5. The Morgan fingerprint density at radius 1 is 1.42 bits per heavy atom. The fourth-order valence-electron chi connectivity index (χ4n) is 3.43. The molecule has 0 radical (unpaired) electrons. The first-order chi connectivity index (χ1) is 12.6. The highest BCUT2D eigenvalue weighted by molar-refractivity contribution is 5.95. The van der Waals surface area contributed by atoms with Crippen molar-refractivity contribution in [1.82, 2.24) is 25.1 Å². The molecule has 0 bridgehead atoms. The van der Waals surface area contributed by atoms with Gasteiger partial charge in [0.2, 0.25) is 0 Å². The number of amides is 1. The zero-order valence-electron chi connectivity index (χ0n) is 14.5. The first kappa shape index (κ1) is 16.5. The number of carbonyl (C=O) groups is 1. The second-order valence-corrected chi connectivity index (χ2v) is 6.80. The number of aryl methyl sites for hydroxylation is 1. The van der Waals surface area contributed by atoms with Crippen LogP contribution in [0.2, 0.25) is 0 Å². The molecule has 1 saturated carbocycles. The predicted molar refractivity (Wildman–Crippen MR) is 96.2 cm³/mol. The Morgan fingerprint density at radius 2 is 2.27 bits per heavy atom. The van der Waals surface area contributed by atoms with Gasteiger partial charge >= 0.3 is 0 Å². The molecule has 1 aliphatic carbocycles. The summed E-state index contributed by atoms with van der Waals surface area (Å²) in [4.78, 5) is 20.1. The Morgan fingerprint density at radius 3 is 2.92 bits per heavy atom. The fraction of sp³-hybridized carbons (Fsp3) is 0.316. The van der Waals surface area contributed by atoms with E-state index in [0.29, 0.717) is 18.4 Å². The Hall–Kier alpha value is -2.93. The SMILES string of the molecule is Cn1cc([C@H](NC(=O)c2cccc(-c3ncc[nH]3)c2)C2CC(O)C2)cn1. The molecule has 0 saturated heterocycles. The molecule has 1 aliphatic rings. The average Bonchev–Trinajstić information content (AvgIpc) is 3.29. The molecule has 4 rings (SSSR count). The molecule has 134 valence electrons. The average molecular weight is 351 g/mol. The van der Waals surface area contributed by atoms with Crippen molar-refractivity contribution >= 4 is 5.91 Å². The fourth-order valence-corrected chi connectivity index (χ4v) is 3.43. The van der Waals surface area contributed by atoms with E-state index >= 15 is 0 Å².